The summed E-state index contributed by atoms with van der Waals surface area (Å²) < 4.78 is 2.50. The third-order valence-electron chi connectivity index (χ3n) is 4.65. The highest BCUT2D eigenvalue weighted by atomic mass is 15.3. The van der Waals surface area contributed by atoms with Gasteiger partial charge in [-0.05, 0) is 44.7 Å². The summed E-state index contributed by atoms with van der Waals surface area (Å²) in [5.74, 6) is 0. The molecular formula is C20H33N2+. The normalized spacial score (nSPS) is 14.5. The molecule has 0 saturated carbocycles. The van der Waals surface area contributed by atoms with Crippen LogP contribution in [0.25, 0.3) is 0 Å². The van der Waals surface area contributed by atoms with Crippen molar-refractivity contribution in [2.24, 2.45) is 0 Å². The molecule has 1 heterocycles. The fourth-order valence-electron chi connectivity index (χ4n) is 3.61. The third kappa shape index (κ3) is 4.59. The Morgan fingerprint density at radius 2 is 1.59 bits per heavy atom. The van der Waals surface area contributed by atoms with E-state index in [2.05, 4.69) is 55.6 Å². The zero-order valence-electron chi connectivity index (χ0n) is 15.0. The summed E-state index contributed by atoms with van der Waals surface area (Å²) in [6.45, 7) is 12.4. The monoisotopic (exact) mass is 301 g/mol. The standard InChI is InChI=1S/C20H33N2/c1-5-6-7-8-9-10-11-21-12-13-22(16-21)20-18(3)14-17(2)15-19(20)4/h14-16H,5-13H2,1-4H3/q+1. The smallest absolute Gasteiger partial charge is 0.239 e. The van der Waals surface area contributed by atoms with E-state index in [0.717, 1.165) is 6.54 Å². The number of hydrogen-bond acceptors (Lipinski definition) is 1. The first-order valence-corrected chi connectivity index (χ1v) is 9.05. The quantitative estimate of drug-likeness (QED) is 0.492. The van der Waals surface area contributed by atoms with Crippen LogP contribution in [0.5, 0.6) is 0 Å². The average molecular weight is 301 g/mol. The molecule has 2 heteroatoms. The Balaban J connectivity index is 1.87. The molecule has 2 rings (SSSR count). The molecule has 0 fully saturated rings. The van der Waals surface area contributed by atoms with Gasteiger partial charge >= 0.3 is 0 Å². The molecule has 122 valence electrons. The first-order chi connectivity index (χ1) is 10.6. The summed E-state index contributed by atoms with van der Waals surface area (Å²) in [6, 6.07) is 4.60. The Kier molecular flexibility index (Phi) is 6.48. The number of unbranched alkanes of at least 4 members (excludes halogenated alkanes) is 5. The lowest BCUT2D eigenvalue weighted by Crippen LogP contribution is -2.20. The van der Waals surface area contributed by atoms with Gasteiger partial charge in [0.25, 0.3) is 0 Å². The van der Waals surface area contributed by atoms with Gasteiger partial charge in [0.05, 0.1) is 6.54 Å². The molecule has 0 N–H and O–H groups in total. The van der Waals surface area contributed by atoms with Gasteiger partial charge in [0.1, 0.15) is 18.8 Å². The number of nitrogens with zero attached hydrogens (tertiary/aromatic N) is 2. The molecule has 0 aromatic heterocycles. The van der Waals surface area contributed by atoms with E-state index in [9.17, 15) is 0 Å². The van der Waals surface area contributed by atoms with Gasteiger partial charge in [-0.1, -0.05) is 50.3 Å². The van der Waals surface area contributed by atoms with Gasteiger partial charge < -0.3 is 0 Å². The van der Waals surface area contributed by atoms with Crippen LogP contribution in [0, 0.1) is 20.8 Å². The van der Waals surface area contributed by atoms with E-state index in [0.29, 0.717) is 0 Å². The van der Waals surface area contributed by atoms with E-state index in [1.165, 1.54) is 74.0 Å². The Morgan fingerprint density at radius 1 is 0.955 bits per heavy atom. The van der Waals surface area contributed by atoms with Crippen molar-refractivity contribution in [2.75, 3.05) is 24.5 Å². The summed E-state index contributed by atoms with van der Waals surface area (Å²) >= 11 is 0. The SMILES string of the molecule is CCCCCCCC[N+]1=CN(c2c(C)cc(C)cc2C)CC1. The predicted octanol–water partition coefficient (Wildman–Crippen LogP) is 4.83. The van der Waals surface area contributed by atoms with Gasteiger partial charge in [-0.3, -0.25) is 4.58 Å². The second-order valence-corrected chi connectivity index (χ2v) is 6.86. The fourth-order valence-corrected chi connectivity index (χ4v) is 3.61. The largest absolute Gasteiger partial charge is 0.264 e. The molecule has 0 radical (unpaired) electrons. The minimum atomic E-state index is 1.13. The van der Waals surface area contributed by atoms with Gasteiger partial charge in [-0.15, -0.1) is 0 Å². The zero-order chi connectivity index (χ0) is 15.9. The van der Waals surface area contributed by atoms with Crippen molar-refractivity contribution >= 4 is 12.0 Å². The molecule has 1 aromatic carbocycles. The van der Waals surface area contributed by atoms with Crippen LogP contribution in [0.1, 0.15) is 62.1 Å². The number of benzene rings is 1. The molecule has 0 saturated heterocycles. The molecule has 1 aliphatic heterocycles. The van der Waals surface area contributed by atoms with Crippen LogP contribution in [0.4, 0.5) is 5.69 Å². The highest BCUT2D eigenvalue weighted by Gasteiger charge is 2.24. The highest BCUT2D eigenvalue weighted by molar-refractivity contribution is 5.80. The number of hydrogen-bond donors (Lipinski definition) is 0. The van der Waals surface area contributed by atoms with Crippen LogP contribution < -0.4 is 4.90 Å². The first kappa shape index (κ1) is 17.1. The summed E-state index contributed by atoms with van der Waals surface area (Å²) in [5, 5.41) is 0. The molecule has 0 unspecified atom stereocenters. The second kappa shape index (κ2) is 8.36. The van der Waals surface area contributed by atoms with Gasteiger partial charge in [0, 0.05) is 0 Å². The predicted molar refractivity (Wildman–Crippen MR) is 97.4 cm³/mol. The van der Waals surface area contributed by atoms with Crippen LogP contribution in [0.15, 0.2) is 12.1 Å². The van der Waals surface area contributed by atoms with E-state index in [1.807, 2.05) is 0 Å². The molecule has 1 aromatic rings. The van der Waals surface area contributed by atoms with E-state index in [4.69, 9.17) is 0 Å². The molecule has 22 heavy (non-hydrogen) atoms. The van der Waals surface area contributed by atoms with Crippen molar-refractivity contribution in [3.05, 3.63) is 28.8 Å². The first-order valence-electron chi connectivity index (χ1n) is 9.05. The minimum absolute atomic E-state index is 1.13. The lowest BCUT2D eigenvalue weighted by molar-refractivity contribution is -0.514. The summed E-state index contributed by atoms with van der Waals surface area (Å²) in [7, 11) is 0. The van der Waals surface area contributed by atoms with Crippen molar-refractivity contribution in [2.45, 2.75) is 66.2 Å². The molecule has 0 amide bonds. The average Bonchev–Trinajstić information content (AvgIpc) is 2.90. The zero-order valence-corrected chi connectivity index (χ0v) is 15.0. The number of anilines is 1. The Morgan fingerprint density at radius 3 is 2.27 bits per heavy atom. The maximum Gasteiger partial charge on any atom is 0.239 e. The molecular weight excluding hydrogens is 268 g/mol. The summed E-state index contributed by atoms with van der Waals surface area (Å²) in [4.78, 5) is 2.45. The van der Waals surface area contributed by atoms with Crippen LogP contribution in [-0.4, -0.2) is 30.5 Å². The van der Waals surface area contributed by atoms with Crippen molar-refractivity contribution in [3.63, 3.8) is 0 Å². The van der Waals surface area contributed by atoms with Crippen molar-refractivity contribution in [1.29, 1.82) is 0 Å². The second-order valence-electron chi connectivity index (χ2n) is 6.86. The molecule has 2 nitrogen and oxygen atoms in total. The molecule has 0 bridgehead atoms. The fraction of sp³-hybridized carbons (Fsp3) is 0.650. The van der Waals surface area contributed by atoms with Crippen LogP contribution in [0.3, 0.4) is 0 Å². The maximum atomic E-state index is 2.50. The van der Waals surface area contributed by atoms with Gasteiger partial charge in [0.2, 0.25) is 6.34 Å². The van der Waals surface area contributed by atoms with Crippen molar-refractivity contribution < 1.29 is 4.58 Å². The maximum absolute atomic E-state index is 2.50. The van der Waals surface area contributed by atoms with Crippen LogP contribution >= 0.6 is 0 Å². The summed E-state index contributed by atoms with van der Waals surface area (Å²) in [6.07, 6.45) is 10.6. The molecule has 1 aliphatic rings. The number of aryl methyl sites for hydroxylation is 3. The van der Waals surface area contributed by atoms with Crippen LogP contribution in [0.2, 0.25) is 0 Å². The molecule has 0 spiro atoms. The minimum Gasteiger partial charge on any atom is -0.264 e. The topological polar surface area (TPSA) is 6.25 Å². The highest BCUT2D eigenvalue weighted by Crippen LogP contribution is 2.26. The van der Waals surface area contributed by atoms with Gasteiger partial charge in [-0.2, -0.15) is 0 Å². The molecule has 0 aliphatic carbocycles. The Bertz CT molecular complexity index is 493. The van der Waals surface area contributed by atoms with E-state index in [-0.39, 0.29) is 0 Å². The van der Waals surface area contributed by atoms with E-state index >= 15 is 0 Å². The lowest BCUT2D eigenvalue weighted by atomic mass is 10.0. The van der Waals surface area contributed by atoms with Gasteiger partial charge in [0.15, 0.2) is 0 Å². The van der Waals surface area contributed by atoms with E-state index < -0.39 is 0 Å². The Labute approximate surface area is 136 Å². The van der Waals surface area contributed by atoms with E-state index in [1.54, 1.807) is 0 Å². The van der Waals surface area contributed by atoms with Gasteiger partial charge in [-0.25, -0.2) is 4.90 Å². The molecule has 0 atom stereocenters. The van der Waals surface area contributed by atoms with Crippen LogP contribution in [-0.2, 0) is 0 Å². The summed E-state index contributed by atoms with van der Waals surface area (Å²) in [5.41, 5.74) is 5.57. The third-order valence-corrected chi connectivity index (χ3v) is 4.65. The Hall–Kier alpha value is -1.31. The lowest BCUT2D eigenvalue weighted by Gasteiger charge is -2.13. The van der Waals surface area contributed by atoms with Crippen molar-refractivity contribution in [3.8, 4) is 0 Å². The number of rotatable bonds is 8. The van der Waals surface area contributed by atoms with Crippen molar-refractivity contribution in [1.82, 2.24) is 0 Å².